The van der Waals surface area contributed by atoms with Crippen molar-refractivity contribution in [3.05, 3.63) is 0 Å². The van der Waals surface area contributed by atoms with Crippen LogP contribution in [0.1, 0.15) is 33.1 Å². The Balaban J connectivity index is 2.13. The molecule has 2 aliphatic heterocycles. The van der Waals surface area contributed by atoms with Crippen molar-refractivity contribution in [2.45, 2.75) is 51.4 Å². The van der Waals surface area contributed by atoms with Gasteiger partial charge in [0.25, 0.3) is 10.2 Å². The molecule has 0 saturated carbocycles. The van der Waals surface area contributed by atoms with Crippen LogP contribution < -0.4 is 0 Å². The fourth-order valence-electron chi connectivity index (χ4n) is 2.84. The maximum absolute atomic E-state index is 12.7. The minimum absolute atomic E-state index is 0.0892. The summed E-state index contributed by atoms with van der Waals surface area (Å²) in [5, 5.41) is 0. The predicted molar refractivity (Wildman–Crippen MR) is 75.6 cm³/mol. The zero-order valence-electron chi connectivity index (χ0n) is 11.6. The molecule has 2 heterocycles. The fourth-order valence-corrected chi connectivity index (χ4v) is 4.98. The van der Waals surface area contributed by atoms with Gasteiger partial charge in [-0.25, -0.2) is 0 Å². The summed E-state index contributed by atoms with van der Waals surface area (Å²) in [5.74, 6) is 0.325. The highest BCUT2D eigenvalue weighted by Gasteiger charge is 2.38. The van der Waals surface area contributed by atoms with Crippen LogP contribution in [-0.2, 0) is 14.9 Å². The van der Waals surface area contributed by atoms with E-state index in [4.69, 9.17) is 16.3 Å². The van der Waals surface area contributed by atoms with Gasteiger partial charge in [-0.1, -0.05) is 6.42 Å². The van der Waals surface area contributed by atoms with E-state index in [0.29, 0.717) is 25.5 Å². The molecule has 3 atom stereocenters. The molecule has 0 aromatic heterocycles. The number of ether oxygens (including phenoxy) is 1. The second-order valence-electron chi connectivity index (χ2n) is 5.50. The third-order valence-corrected chi connectivity index (χ3v) is 6.26. The topological polar surface area (TPSA) is 49.9 Å². The Bertz CT molecular complexity index is 404. The molecule has 112 valence electrons. The largest absolute Gasteiger partial charge is 0.371 e. The van der Waals surface area contributed by atoms with Crippen LogP contribution in [-0.4, -0.2) is 60.8 Å². The molecule has 0 amide bonds. The molecule has 2 fully saturated rings. The van der Waals surface area contributed by atoms with Crippen LogP contribution in [0.2, 0.25) is 0 Å². The number of piperidine rings is 1. The Hall–Kier alpha value is 0.120. The summed E-state index contributed by atoms with van der Waals surface area (Å²) < 4.78 is 34.2. The molecule has 5 nitrogen and oxygen atoms in total. The first kappa shape index (κ1) is 15.5. The van der Waals surface area contributed by atoms with Gasteiger partial charge in [-0.2, -0.15) is 17.0 Å². The van der Waals surface area contributed by atoms with Gasteiger partial charge in [0.15, 0.2) is 0 Å². The number of nitrogens with zero attached hydrogens (tertiary/aromatic N) is 2. The first-order chi connectivity index (χ1) is 8.95. The zero-order chi connectivity index (χ0) is 14.0. The van der Waals surface area contributed by atoms with Crippen LogP contribution in [0.4, 0.5) is 0 Å². The Morgan fingerprint density at radius 3 is 2.63 bits per heavy atom. The van der Waals surface area contributed by atoms with Crippen LogP contribution >= 0.6 is 11.6 Å². The minimum Gasteiger partial charge on any atom is -0.371 e. The highest BCUT2D eigenvalue weighted by molar-refractivity contribution is 7.86. The van der Waals surface area contributed by atoms with Crippen molar-refractivity contribution in [1.29, 1.82) is 0 Å². The molecule has 0 bridgehead atoms. The zero-order valence-corrected chi connectivity index (χ0v) is 13.2. The summed E-state index contributed by atoms with van der Waals surface area (Å²) in [7, 11) is -3.38. The van der Waals surface area contributed by atoms with Gasteiger partial charge in [0, 0.05) is 31.6 Å². The van der Waals surface area contributed by atoms with Gasteiger partial charge in [0.05, 0.1) is 12.2 Å². The van der Waals surface area contributed by atoms with Gasteiger partial charge < -0.3 is 4.74 Å². The van der Waals surface area contributed by atoms with E-state index < -0.39 is 10.2 Å². The van der Waals surface area contributed by atoms with Crippen LogP contribution in [0.25, 0.3) is 0 Å². The molecule has 0 aromatic rings. The second kappa shape index (κ2) is 6.26. The summed E-state index contributed by atoms with van der Waals surface area (Å²) in [4.78, 5) is 0. The lowest BCUT2D eigenvalue weighted by atomic mass is 10.1. The lowest BCUT2D eigenvalue weighted by Gasteiger charge is -2.40. The van der Waals surface area contributed by atoms with Crippen molar-refractivity contribution in [2.24, 2.45) is 0 Å². The summed E-state index contributed by atoms with van der Waals surface area (Å²) >= 11 is 5.82. The van der Waals surface area contributed by atoms with E-state index in [0.717, 1.165) is 19.3 Å². The van der Waals surface area contributed by atoms with Gasteiger partial charge in [0.2, 0.25) is 0 Å². The highest BCUT2D eigenvalue weighted by atomic mass is 35.5. The van der Waals surface area contributed by atoms with Crippen molar-refractivity contribution in [1.82, 2.24) is 8.61 Å². The van der Waals surface area contributed by atoms with Gasteiger partial charge in [-0.05, 0) is 26.7 Å². The average molecular weight is 311 g/mol. The van der Waals surface area contributed by atoms with E-state index >= 15 is 0 Å². The lowest BCUT2D eigenvalue weighted by molar-refractivity contribution is -0.0441. The maximum Gasteiger partial charge on any atom is 0.282 e. The van der Waals surface area contributed by atoms with Crippen molar-refractivity contribution in [3.8, 4) is 0 Å². The Kier molecular flexibility index (Phi) is 5.11. The Labute approximate surface area is 121 Å². The molecular formula is C12H23ClN2O3S. The quantitative estimate of drug-likeness (QED) is 0.741. The minimum atomic E-state index is -3.38. The number of halogens is 1. The monoisotopic (exact) mass is 310 g/mol. The standard InChI is InChI=1S/C12H23ClN2O3S/c1-10-5-3-4-6-15(10)19(16,17)14-8-11(2)18-12(7-13)9-14/h10-12H,3-9H2,1-2H3. The van der Waals surface area contributed by atoms with E-state index in [-0.39, 0.29) is 18.2 Å². The van der Waals surface area contributed by atoms with Gasteiger partial charge in [0.1, 0.15) is 0 Å². The van der Waals surface area contributed by atoms with E-state index in [1.807, 2.05) is 13.8 Å². The predicted octanol–water partition coefficient (Wildman–Crippen LogP) is 1.43. The van der Waals surface area contributed by atoms with Gasteiger partial charge in [-0.3, -0.25) is 0 Å². The normalized spacial score (nSPS) is 35.4. The van der Waals surface area contributed by atoms with E-state index in [2.05, 4.69) is 0 Å². The summed E-state index contributed by atoms with van der Waals surface area (Å²) in [5.41, 5.74) is 0. The number of alkyl halides is 1. The van der Waals surface area contributed by atoms with Crippen LogP contribution in [0.15, 0.2) is 0 Å². The van der Waals surface area contributed by atoms with Crippen LogP contribution in [0.3, 0.4) is 0 Å². The molecular weight excluding hydrogens is 288 g/mol. The lowest BCUT2D eigenvalue weighted by Crippen LogP contribution is -2.56. The molecule has 2 saturated heterocycles. The van der Waals surface area contributed by atoms with Crippen LogP contribution in [0, 0.1) is 0 Å². The Morgan fingerprint density at radius 2 is 2.00 bits per heavy atom. The van der Waals surface area contributed by atoms with Crippen molar-refractivity contribution in [2.75, 3.05) is 25.5 Å². The van der Waals surface area contributed by atoms with Crippen molar-refractivity contribution >= 4 is 21.8 Å². The molecule has 19 heavy (non-hydrogen) atoms. The molecule has 0 N–H and O–H groups in total. The van der Waals surface area contributed by atoms with E-state index in [1.54, 1.807) is 4.31 Å². The molecule has 0 radical (unpaired) electrons. The molecule has 0 aromatic carbocycles. The van der Waals surface area contributed by atoms with Crippen molar-refractivity contribution < 1.29 is 13.2 Å². The number of hydrogen-bond donors (Lipinski definition) is 0. The van der Waals surface area contributed by atoms with Gasteiger partial charge >= 0.3 is 0 Å². The second-order valence-corrected chi connectivity index (χ2v) is 7.69. The summed E-state index contributed by atoms with van der Waals surface area (Å²) in [6, 6.07) is 0.0892. The van der Waals surface area contributed by atoms with Gasteiger partial charge in [-0.15, -0.1) is 11.6 Å². The molecule has 0 spiro atoms. The number of rotatable bonds is 3. The smallest absolute Gasteiger partial charge is 0.282 e. The summed E-state index contributed by atoms with van der Waals surface area (Å²) in [6.45, 7) is 5.28. The van der Waals surface area contributed by atoms with Crippen molar-refractivity contribution in [3.63, 3.8) is 0 Å². The summed E-state index contributed by atoms with van der Waals surface area (Å²) in [6.07, 6.45) is 2.69. The third kappa shape index (κ3) is 3.42. The SMILES string of the molecule is CC1CN(S(=O)(=O)N2CCCCC2C)CC(CCl)O1. The molecule has 7 heteroatoms. The maximum atomic E-state index is 12.7. The van der Waals surface area contributed by atoms with Crippen LogP contribution in [0.5, 0.6) is 0 Å². The average Bonchev–Trinajstić information content (AvgIpc) is 2.38. The molecule has 3 unspecified atom stereocenters. The number of hydrogen-bond acceptors (Lipinski definition) is 3. The third-order valence-electron chi connectivity index (χ3n) is 3.83. The fraction of sp³-hybridized carbons (Fsp3) is 1.00. The molecule has 2 rings (SSSR count). The number of morpholine rings is 1. The van der Waals surface area contributed by atoms with E-state index in [9.17, 15) is 8.42 Å². The highest BCUT2D eigenvalue weighted by Crippen LogP contribution is 2.25. The molecule has 0 aliphatic carbocycles. The van der Waals surface area contributed by atoms with E-state index in [1.165, 1.54) is 4.31 Å². The molecule has 2 aliphatic rings. The Morgan fingerprint density at radius 1 is 1.26 bits per heavy atom. The first-order valence-electron chi connectivity index (χ1n) is 6.93. The first-order valence-corrected chi connectivity index (χ1v) is 8.86.